The molecule has 0 radical (unpaired) electrons. The Bertz CT molecular complexity index is 555. The normalized spacial score (nSPS) is 18.5. The molecule has 0 saturated carbocycles. The number of nitrogens with one attached hydrogen (secondary N) is 1. The van der Waals surface area contributed by atoms with Crippen molar-refractivity contribution in [2.24, 2.45) is 7.05 Å². The van der Waals surface area contributed by atoms with Gasteiger partial charge in [-0.1, -0.05) is 6.92 Å². The minimum Gasteiger partial charge on any atom is -0.465 e. The highest BCUT2D eigenvalue weighted by Crippen LogP contribution is 2.29. The molecule has 1 aliphatic carbocycles. The number of hydrogen-bond donors (Lipinski definition) is 1. The van der Waals surface area contributed by atoms with Crippen LogP contribution in [0, 0.1) is 0 Å². The Labute approximate surface area is 113 Å². The van der Waals surface area contributed by atoms with Gasteiger partial charge in [0, 0.05) is 30.8 Å². The van der Waals surface area contributed by atoms with E-state index in [1.165, 1.54) is 24.1 Å². The zero-order valence-electron chi connectivity index (χ0n) is 11.6. The van der Waals surface area contributed by atoms with Crippen molar-refractivity contribution in [3.63, 3.8) is 0 Å². The van der Waals surface area contributed by atoms with Gasteiger partial charge in [0.05, 0.1) is 12.7 Å². The number of furan rings is 1. The van der Waals surface area contributed by atoms with Crippen LogP contribution in [0.2, 0.25) is 0 Å². The first kappa shape index (κ1) is 12.5. The Morgan fingerprint density at radius 2 is 2.26 bits per heavy atom. The molecular weight excluding hydrogens is 238 g/mol. The molecule has 0 spiro atoms. The van der Waals surface area contributed by atoms with Gasteiger partial charge in [-0.2, -0.15) is 5.10 Å². The maximum absolute atomic E-state index is 5.73. The van der Waals surface area contributed by atoms with Gasteiger partial charge in [0.15, 0.2) is 0 Å². The van der Waals surface area contributed by atoms with Crippen LogP contribution in [0.25, 0.3) is 0 Å². The third-order valence-electron chi connectivity index (χ3n) is 3.96. The Morgan fingerprint density at radius 3 is 3.05 bits per heavy atom. The molecule has 19 heavy (non-hydrogen) atoms. The van der Waals surface area contributed by atoms with E-state index in [2.05, 4.69) is 29.5 Å². The minimum absolute atomic E-state index is 0.410. The fourth-order valence-corrected chi connectivity index (χ4v) is 2.85. The number of hydrogen-bond acceptors (Lipinski definition) is 3. The summed E-state index contributed by atoms with van der Waals surface area (Å²) in [6, 6.07) is 4.54. The number of nitrogens with zero attached hydrogens (tertiary/aromatic N) is 2. The lowest BCUT2D eigenvalue weighted by Gasteiger charge is -2.23. The predicted octanol–water partition coefficient (Wildman–Crippen LogP) is 2.74. The summed E-state index contributed by atoms with van der Waals surface area (Å²) in [7, 11) is 2.03. The number of aromatic nitrogens is 2. The van der Waals surface area contributed by atoms with Gasteiger partial charge >= 0.3 is 0 Å². The standard InChI is InChI=1S/C15H21N3O/c1-3-11-7-8-12(19-11)9-16-14-5-4-6-15-13(14)10-17-18(15)2/h7-8,10,14,16H,3-6,9H2,1-2H3. The first-order valence-corrected chi connectivity index (χ1v) is 7.09. The van der Waals surface area contributed by atoms with Crippen molar-refractivity contribution >= 4 is 0 Å². The summed E-state index contributed by atoms with van der Waals surface area (Å²) in [6.45, 7) is 2.90. The summed E-state index contributed by atoms with van der Waals surface area (Å²) < 4.78 is 7.74. The third kappa shape index (κ3) is 2.45. The SMILES string of the molecule is CCc1ccc(CNC2CCCc3c2cnn3C)o1. The van der Waals surface area contributed by atoms with E-state index in [0.717, 1.165) is 30.9 Å². The highest BCUT2D eigenvalue weighted by molar-refractivity contribution is 5.24. The van der Waals surface area contributed by atoms with Crippen LogP contribution in [0.15, 0.2) is 22.7 Å². The van der Waals surface area contributed by atoms with Gasteiger partial charge < -0.3 is 9.73 Å². The second kappa shape index (κ2) is 5.21. The van der Waals surface area contributed by atoms with Gasteiger partial charge in [0.25, 0.3) is 0 Å². The van der Waals surface area contributed by atoms with Crippen molar-refractivity contribution in [3.8, 4) is 0 Å². The fourth-order valence-electron chi connectivity index (χ4n) is 2.85. The summed E-state index contributed by atoms with van der Waals surface area (Å²) in [5.41, 5.74) is 2.73. The lowest BCUT2D eigenvalue weighted by molar-refractivity contribution is 0.402. The molecule has 2 heterocycles. The Balaban J connectivity index is 1.67. The molecule has 1 atom stereocenters. The van der Waals surface area contributed by atoms with E-state index in [0.29, 0.717) is 6.04 Å². The Kier molecular flexibility index (Phi) is 3.42. The molecule has 2 aromatic heterocycles. The van der Waals surface area contributed by atoms with Crippen LogP contribution in [0.5, 0.6) is 0 Å². The lowest BCUT2D eigenvalue weighted by Crippen LogP contribution is -2.24. The van der Waals surface area contributed by atoms with Crippen LogP contribution < -0.4 is 5.32 Å². The van der Waals surface area contributed by atoms with Gasteiger partial charge in [-0.05, 0) is 31.4 Å². The summed E-state index contributed by atoms with van der Waals surface area (Å²) in [5.74, 6) is 2.08. The third-order valence-corrected chi connectivity index (χ3v) is 3.96. The van der Waals surface area contributed by atoms with Crippen molar-refractivity contribution in [2.75, 3.05) is 0 Å². The van der Waals surface area contributed by atoms with Crippen molar-refractivity contribution < 1.29 is 4.42 Å². The van der Waals surface area contributed by atoms with E-state index < -0.39 is 0 Å². The van der Waals surface area contributed by atoms with E-state index >= 15 is 0 Å². The van der Waals surface area contributed by atoms with E-state index in [9.17, 15) is 0 Å². The molecule has 4 nitrogen and oxygen atoms in total. The van der Waals surface area contributed by atoms with Crippen LogP contribution >= 0.6 is 0 Å². The molecule has 1 aliphatic rings. The zero-order valence-corrected chi connectivity index (χ0v) is 11.6. The van der Waals surface area contributed by atoms with Crippen LogP contribution in [-0.4, -0.2) is 9.78 Å². The Morgan fingerprint density at radius 1 is 1.42 bits per heavy atom. The average molecular weight is 259 g/mol. The maximum Gasteiger partial charge on any atom is 0.117 e. The molecule has 1 N–H and O–H groups in total. The zero-order chi connectivity index (χ0) is 13.2. The molecular formula is C15H21N3O. The number of aryl methyl sites for hydroxylation is 2. The van der Waals surface area contributed by atoms with E-state index in [1.54, 1.807) is 0 Å². The van der Waals surface area contributed by atoms with E-state index in [4.69, 9.17) is 4.42 Å². The molecule has 1 unspecified atom stereocenters. The quantitative estimate of drug-likeness (QED) is 0.918. The Hall–Kier alpha value is -1.55. The molecule has 4 heteroatoms. The number of rotatable bonds is 4. The fraction of sp³-hybridized carbons (Fsp3) is 0.533. The topological polar surface area (TPSA) is 43.0 Å². The molecule has 0 amide bonds. The molecule has 0 aromatic carbocycles. The smallest absolute Gasteiger partial charge is 0.117 e. The van der Waals surface area contributed by atoms with Crippen molar-refractivity contribution in [1.29, 1.82) is 0 Å². The highest BCUT2D eigenvalue weighted by atomic mass is 16.3. The first-order chi connectivity index (χ1) is 9.28. The van der Waals surface area contributed by atoms with Gasteiger partial charge in [0.2, 0.25) is 0 Å². The van der Waals surface area contributed by atoms with Gasteiger partial charge in [-0.15, -0.1) is 0 Å². The average Bonchev–Trinajstić information content (AvgIpc) is 3.04. The number of fused-ring (bicyclic) bond motifs is 1. The lowest BCUT2D eigenvalue weighted by atomic mass is 9.93. The second-order valence-corrected chi connectivity index (χ2v) is 5.22. The molecule has 0 fully saturated rings. The van der Waals surface area contributed by atoms with Crippen molar-refractivity contribution in [1.82, 2.24) is 15.1 Å². The first-order valence-electron chi connectivity index (χ1n) is 7.09. The van der Waals surface area contributed by atoms with Crippen molar-refractivity contribution in [2.45, 2.75) is 45.2 Å². The molecule has 3 rings (SSSR count). The van der Waals surface area contributed by atoms with Gasteiger partial charge in [-0.25, -0.2) is 0 Å². The molecule has 102 valence electrons. The summed E-state index contributed by atoms with van der Waals surface area (Å²) in [4.78, 5) is 0. The van der Waals surface area contributed by atoms with Crippen molar-refractivity contribution in [3.05, 3.63) is 41.1 Å². The van der Waals surface area contributed by atoms with E-state index in [1.807, 2.05) is 17.9 Å². The monoisotopic (exact) mass is 259 g/mol. The van der Waals surface area contributed by atoms with Gasteiger partial charge in [-0.3, -0.25) is 4.68 Å². The molecule has 2 aromatic rings. The summed E-state index contributed by atoms with van der Waals surface area (Å²) >= 11 is 0. The summed E-state index contributed by atoms with van der Waals surface area (Å²) in [6.07, 6.45) is 6.51. The van der Waals surface area contributed by atoms with Crippen LogP contribution in [-0.2, 0) is 26.4 Å². The van der Waals surface area contributed by atoms with Crippen LogP contribution in [0.3, 0.4) is 0 Å². The van der Waals surface area contributed by atoms with Crippen LogP contribution in [0.4, 0.5) is 0 Å². The van der Waals surface area contributed by atoms with Crippen LogP contribution in [0.1, 0.15) is 48.6 Å². The molecule has 0 bridgehead atoms. The predicted molar refractivity (Wildman–Crippen MR) is 73.8 cm³/mol. The summed E-state index contributed by atoms with van der Waals surface area (Å²) in [5, 5.41) is 7.97. The largest absolute Gasteiger partial charge is 0.465 e. The van der Waals surface area contributed by atoms with E-state index in [-0.39, 0.29) is 0 Å². The minimum atomic E-state index is 0.410. The highest BCUT2D eigenvalue weighted by Gasteiger charge is 2.23. The molecule has 0 aliphatic heterocycles. The maximum atomic E-state index is 5.73. The second-order valence-electron chi connectivity index (χ2n) is 5.22. The molecule has 0 saturated heterocycles. The van der Waals surface area contributed by atoms with Gasteiger partial charge in [0.1, 0.15) is 11.5 Å².